The van der Waals surface area contributed by atoms with E-state index in [9.17, 15) is 5.11 Å². The topological polar surface area (TPSA) is 26.7 Å². The Hall–Kier alpha value is -0.900. The third-order valence-electron chi connectivity index (χ3n) is 4.68. The first-order chi connectivity index (χ1) is 9.44. The number of aliphatic hydroxyl groups is 1. The summed E-state index contributed by atoms with van der Waals surface area (Å²) < 4.78 is 0. The lowest BCUT2D eigenvalue weighted by Gasteiger charge is -2.37. The van der Waals surface area contributed by atoms with Crippen molar-refractivity contribution >= 4 is 0 Å². The lowest BCUT2D eigenvalue weighted by molar-refractivity contribution is -0.0204. The monoisotopic (exact) mass is 276 g/mol. The van der Waals surface area contributed by atoms with Gasteiger partial charge in [-0.05, 0) is 57.1 Å². The molecule has 0 atom stereocenters. The Kier molecular flexibility index (Phi) is 4.84. The molecule has 20 heavy (non-hydrogen) atoms. The quantitative estimate of drug-likeness (QED) is 0.914. The lowest BCUT2D eigenvalue weighted by atomic mass is 9.83. The number of nitrogens with zero attached hydrogens (tertiary/aromatic N) is 2. The summed E-state index contributed by atoms with van der Waals surface area (Å²) in [6.07, 6.45) is 1.66. The summed E-state index contributed by atoms with van der Waals surface area (Å²) in [6.45, 7) is 8.25. The van der Waals surface area contributed by atoms with E-state index < -0.39 is 5.60 Å². The van der Waals surface area contributed by atoms with E-state index in [1.165, 1.54) is 11.1 Å². The maximum absolute atomic E-state index is 10.9. The molecule has 1 fully saturated rings. The largest absolute Gasteiger partial charge is 0.385 e. The zero-order chi connectivity index (χ0) is 14.8. The van der Waals surface area contributed by atoms with Crippen LogP contribution in [0.1, 0.15) is 36.5 Å². The van der Waals surface area contributed by atoms with Gasteiger partial charge in [0.05, 0.1) is 5.60 Å². The normalized spacial score (nSPS) is 19.5. The van der Waals surface area contributed by atoms with Crippen molar-refractivity contribution < 1.29 is 5.11 Å². The van der Waals surface area contributed by atoms with Crippen LogP contribution in [0.3, 0.4) is 0 Å². The van der Waals surface area contributed by atoms with Gasteiger partial charge in [-0.25, -0.2) is 0 Å². The molecule has 1 aliphatic heterocycles. The van der Waals surface area contributed by atoms with Gasteiger partial charge in [0.2, 0.25) is 0 Å². The summed E-state index contributed by atoms with van der Waals surface area (Å²) in [4.78, 5) is 4.58. The van der Waals surface area contributed by atoms with E-state index in [1.807, 2.05) is 0 Å². The predicted octanol–water partition coefficient (Wildman–Crippen LogP) is 2.36. The van der Waals surface area contributed by atoms with Crippen LogP contribution in [0.15, 0.2) is 18.2 Å². The third-order valence-corrected chi connectivity index (χ3v) is 4.68. The maximum Gasteiger partial charge on any atom is 0.0921 e. The molecule has 0 radical (unpaired) electrons. The molecule has 1 N–H and O–H groups in total. The van der Waals surface area contributed by atoms with Crippen LogP contribution in [0.5, 0.6) is 0 Å². The van der Waals surface area contributed by atoms with Crippen LogP contribution in [0, 0.1) is 6.92 Å². The molecule has 1 saturated heterocycles. The van der Waals surface area contributed by atoms with Crippen molar-refractivity contribution in [3.05, 3.63) is 34.9 Å². The average molecular weight is 276 g/mol. The van der Waals surface area contributed by atoms with Gasteiger partial charge < -0.3 is 14.9 Å². The van der Waals surface area contributed by atoms with Crippen molar-refractivity contribution in [2.24, 2.45) is 0 Å². The van der Waals surface area contributed by atoms with E-state index in [0.29, 0.717) is 0 Å². The Morgan fingerprint density at radius 3 is 2.55 bits per heavy atom. The van der Waals surface area contributed by atoms with Gasteiger partial charge >= 0.3 is 0 Å². The Labute approximate surface area is 123 Å². The second-order valence-electron chi connectivity index (χ2n) is 6.31. The van der Waals surface area contributed by atoms with E-state index in [0.717, 1.165) is 44.6 Å². The summed E-state index contributed by atoms with van der Waals surface area (Å²) in [5.74, 6) is 0. The fraction of sp³-hybridized carbons (Fsp3) is 0.647. The minimum absolute atomic E-state index is 0.639. The molecular formula is C17H28N2O. The minimum atomic E-state index is -0.639. The number of hydrogen-bond donors (Lipinski definition) is 1. The first kappa shape index (κ1) is 15.5. The van der Waals surface area contributed by atoms with Crippen molar-refractivity contribution in [1.29, 1.82) is 0 Å². The van der Waals surface area contributed by atoms with Crippen molar-refractivity contribution in [2.75, 3.05) is 33.7 Å². The molecule has 3 heteroatoms. The van der Waals surface area contributed by atoms with Gasteiger partial charge in [-0.15, -0.1) is 0 Å². The van der Waals surface area contributed by atoms with Gasteiger partial charge in [-0.1, -0.05) is 25.1 Å². The summed E-state index contributed by atoms with van der Waals surface area (Å²) in [5, 5.41) is 10.9. The van der Waals surface area contributed by atoms with Gasteiger partial charge in [-0.3, -0.25) is 0 Å². The average Bonchev–Trinajstić information content (AvgIpc) is 2.44. The van der Waals surface area contributed by atoms with E-state index in [4.69, 9.17) is 0 Å². The zero-order valence-corrected chi connectivity index (χ0v) is 13.3. The Morgan fingerprint density at radius 2 is 1.95 bits per heavy atom. The molecule has 0 spiro atoms. The highest BCUT2D eigenvalue weighted by atomic mass is 16.3. The van der Waals surface area contributed by atoms with Crippen LogP contribution >= 0.6 is 0 Å². The zero-order valence-electron chi connectivity index (χ0n) is 13.3. The van der Waals surface area contributed by atoms with E-state index >= 15 is 0 Å². The predicted molar refractivity (Wildman–Crippen MR) is 83.8 cm³/mol. The molecule has 0 bridgehead atoms. The van der Waals surface area contributed by atoms with Crippen LogP contribution in [0.25, 0.3) is 0 Å². The molecule has 0 unspecified atom stereocenters. The standard InChI is InChI=1S/C17H28N2O/c1-5-18(3)13-15-12-16(7-6-14(15)2)17(20)8-10-19(4)11-9-17/h6-7,12,20H,5,8-11,13H2,1-4H3. The highest BCUT2D eigenvalue weighted by Crippen LogP contribution is 2.33. The second kappa shape index (κ2) is 6.25. The number of likely N-dealkylation sites (tertiary alicyclic amines) is 1. The highest BCUT2D eigenvalue weighted by Gasteiger charge is 2.33. The Balaban J connectivity index is 2.22. The molecule has 0 aliphatic carbocycles. The summed E-state index contributed by atoms with van der Waals surface area (Å²) in [5.41, 5.74) is 3.10. The second-order valence-corrected chi connectivity index (χ2v) is 6.31. The van der Waals surface area contributed by atoms with E-state index in [1.54, 1.807) is 0 Å². The first-order valence-electron chi connectivity index (χ1n) is 7.64. The molecule has 0 saturated carbocycles. The Bertz CT molecular complexity index is 450. The van der Waals surface area contributed by atoms with Crippen molar-refractivity contribution in [3.8, 4) is 0 Å². The number of rotatable bonds is 4. The van der Waals surface area contributed by atoms with E-state index in [2.05, 4.69) is 55.9 Å². The number of hydrogen-bond acceptors (Lipinski definition) is 3. The fourth-order valence-corrected chi connectivity index (χ4v) is 2.81. The van der Waals surface area contributed by atoms with Crippen molar-refractivity contribution in [2.45, 2.75) is 38.8 Å². The SMILES string of the molecule is CCN(C)Cc1cc(C2(O)CCN(C)CC2)ccc1C. The Morgan fingerprint density at radius 1 is 1.30 bits per heavy atom. The smallest absolute Gasteiger partial charge is 0.0921 e. The van der Waals surface area contributed by atoms with Gasteiger partial charge in [0, 0.05) is 19.6 Å². The molecule has 112 valence electrons. The van der Waals surface area contributed by atoms with Crippen molar-refractivity contribution in [1.82, 2.24) is 9.80 Å². The molecule has 2 rings (SSSR count). The molecular weight excluding hydrogens is 248 g/mol. The van der Waals surface area contributed by atoms with Crippen LogP contribution in [0.2, 0.25) is 0 Å². The van der Waals surface area contributed by atoms with Gasteiger partial charge in [0.15, 0.2) is 0 Å². The summed E-state index contributed by atoms with van der Waals surface area (Å²) >= 11 is 0. The first-order valence-corrected chi connectivity index (χ1v) is 7.64. The van der Waals surface area contributed by atoms with Crippen molar-refractivity contribution in [3.63, 3.8) is 0 Å². The highest BCUT2D eigenvalue weighted by molar-refractivity contribution is 5.34. The molecule has 0 amide bonds. The number of aryl methyl sites for hydroxylation is 1. The number of benzene rings is 1. The van der Waals surface area contributed by atoms with Crippen LogP contribution < -0.4 is 0 Å². The third kappa shape index (κ3) is 3.40. The van der Waals surface area contributed by atoms with Crippen LogP contribution in [-0.2, 0) is 12.1 Å². The minimum Gasteiger partial charge on any atom is -0.385 e. The molecule has 1 aliphatic rings. The molecule has 1 heterocycles. The maximum atomic E-state index is 10.9. The summed E-state index contributed by atoms with van der Waals surface area (Å²) in [6, 6.07) is 6.48. The van der Waals surface area contributed by atoms with Crippen LogP contribution in [-0.4, -0.2) is 48.6 Å². The summed E-state index contributed by atoms with van der Waals surface area (Å²) in [7, 11) is 4.26. The molecule has 0 aromatic heterocycles. The number of piperidine rings is 1. The van der Waals surface area contributed by atoms with Gasteiger partial charge in [0.1, 0.15) is 0 Å². The molecule has 1 aromatic carbocycles. The molecule has 1 aromatic rings. The van der Waals surface area contributed by atoms with Gasteiger partial charge in [0.25, 0.3) is 0 Å². The van der Waals surface area contributed by atoms with E-state index in [-0.39, 0.29) is 0 Å². The lowest BCUT2D eigenvalue weighted by Crippen LogP contribution is -2.40. The van der Waals surface area contributed by atoms with Crippen LogP contribution in [0.4, 0.5) is 0 Å². The van der Waals surface area contributed by atoms with Gasteiger partial charge in [-0.2, -0.15) is 0 Å². The fourth-order valence-electron chi connectivity index (χ4n) is 2.81. The molecule has 3 nitrogen and oxygen atoms in total.